The van der Waals surface area contributed by atoms with Crippen molar-refractivity contribution < 1.29 is 17.9 Å². The molecule has 0 unspecified atom stereocenters. The topological polar surface area (TPSA) is 106 Å². The van der Waals surface area contributed by atoms with Crippen LogP contribution in [0, 0.1) is 0 Å². The minimum atomic E-state index is -3.42. The molecule has 4 rings (SSSR count). The summed E-state index contributed by atoms with van der Waals surface area (Å²) in [5.74, 6) is -1.21. The molecule has 1 saturated heterocycles. The Hall–Kier alpha value is -2.98. The van der Waals surface area contributed by atoms with Crippen LogP contribution < -0.4 is 10.2 Å². The Balaban J connectivity index is 1.57. The van der Waals surface area contributed by atoms with Crippen molar-refractivity contribution in [3.63, 3.8) is 0 Å². The summed E-state index contributed by atoms with van der Waals surface area (Å²) in [5.41, 5.74) is 3.67. The smallest absolute Gasteiger partial charge is 0.249 e. The molecule has 2 aromatic heterocycles. The summed E-state index contributed by atoms with van der Waals surface area (Å²) in [7, 11) is -3.42. The molecule has 0 bridgehead atoms. The van der Waals surface area contributed by atoms with Crippen LogP contribution in [0.25, 0.3) is 16.8 Å². The van der Waals surface area contributed by atoms with Gasteiger partial charge in [-0.05, 0) is 29.8 Å². The number of rotatable bonds is 5. The number of carbonyl (C=O) groups excluding carboxylic acids is 1. The zero-order valence-electron chi connectivity index (χ0n) is 15.9. The third-order valence-corrected chi connectivity index (χ3v) is 5.32. The molecule has 1 aliphatic rings. The first-order chi connectivity index (χ1) is 13.9. The van der Waals surface area contributed by atoms with E-state index in [-0.39, 0.29) is 5.95 Å². The molecule has 9 nitrogen and oxygen atoms in total. The number of hydrogen-bond donors (Lipinski definition) is 1. The van der Waals surface area contributed by atoms with Crippen LogP contribution in [0.3, 0.4) is 0 Å². The number of carbonyl (C=O) groups is 1. The fourth-order valence-corrected chi connectivity index (χ4v) is 3.76. The lowest BCUT2D eigenvalue weighted by Crippen LogP contribution is -2.36. The largest absolute Gasteiger partial charge is 0.378 e. The Morgan fingerprint density at radius 3 is 2.72 bits per heavy atom. The van der Waals surface area contributed by atoms with Crippen molar-refractivity contribution in [3.8, 4) is 11.1 Å². The van der Waals surface area contributed by atoms with Crippen LogP contribution >= 0.6 is 0 Å². The maximum Gasteiger partial charge on any atom is 0.249 e. The summed E-state index contributed by atoms with van der Waals surface area (Å²) in [4.78, 5) is 18.3. The van der Waals surface area contributed by atoms with Crippen molar-refractivity contribution in [3.05, 3.63) is 42.6 Å². The third kappa shape index (κ3) is 4.72. The molecular weight excluding hydrogens is 394 g/mol. The molecule has 0 atom stereocenters. The molecule has 3 aromatic rings. The summed E-state index contributed by atoms with van der Waals surface area (Å²) in [6.07, 6.45) is 2.83. The molecular formula is C19H21N5O4S. The predicted molar refractivity (Wildman–Crippen MR) is 110 cm³/mol. The summed E-state index contributed by atoms with van der Waals surface area (Å²) in [6.45, 7) is 3.18. The number of anilines is 2. The first-order valence-electron chi connectivity index (χ1n) is 9.14. The molecule has 1 amide bonds. The summed E-state index contributed by atoms with van der Waals surface area (Å²) in [5, 5.41) is 6.65. The molecule has 10 heteroatoms. The molecule has 0 saturated carbocycles. The van der Waals surface area contributed by atoms with Crippen LogP contribution in [0.4, 0.5) is 11.6 Å². The number of amides is 1. The first kappa shape index (κ1) is 19.3. The number of aromatic nitrogens is 3. The fraction of sp³-hybridized carbons (Fsp3) is 0.316. The van der Waals surface area contributed by atoms with Crippen molar-refractivity contribution in [2.75, 3.05) is 48.5 Å². The van der Waals surface area contributed by atoms with Crippen LogP contribution in [0.1, 0.15) is 0 Å². The Morgan fingerprint density at radius 2 is 1.97 bits per heavy atom. The van der Waals surface area contributed by atoms with Gasteiger partial charge in [0.15, 0.2) is 15.5 Å². The van der Waals surface area contributed by atoms with Gasteiger partial charge < -0.3 is 9.64 Å². The maximum absolute atomic E-state index is 11.8. The highest BCUT2D eigenvalue weighted by molar-refractivity contribution is 7.91. The SMILES string of the molecule is CS(=O)(=O)CC(=O)Nc1nc2ccc(-c3cccc(N4CCOCC4)c3)cn2n1. The van der Waals surface area contributed by atoms with Crippen LogP contribution in [-0.2, 0) is 19.4 Å². The average Bonchev–Trinajstić information content (AvgIpc) is 3.08. The minimum Gasteiger partial charge on any atom is -0.378 e. The number of fused-ring (bicyclic) bond motifs is 1. The van der Waals surface area contributed by atoms with E-state index >= 15 is 0 Å². The van der Waals surface area contributed by atoms with Crippen molar-refractivity contribution in [1.82, 2.24) is 14.6 Å². The first-order valence-corrected chi connectivity index (χ1v) is 11.2. The maximum atomic E-state index is 11.8. The number of nitrogens with zero attached hydrogens (tertiary/aromatic N) is 4. The number of benzene rings is 1. The highest BCUT2D eigenvalue weighted by Gasteiger charge is 2.15. The Morgan fingerprint density at radius 1 is 1.17 bits per heavy atom. The molecule has 1 aromatic carbocycles. The molecule has 0 aliphatic carbocycles. The van der Waals surface area contributed by atoms with Crippen LogP contribution in [0.15, 0.2) is 42.6 Å². The Bertz CT molecular complexity index is 1150. The highest BCUT2D eigenvalue weighted by Crippen LogP contribution is 2.25. The molecule has 1 aliphatic heterocycles. The van der Waals surface area contributed by atoms with E-state index in [0.29, 0.717) is 5.65 Å². The monoisotopic (exact) mass is 415 g/mol. The number of morpholine rings is 1. The highest BCUT2D eigenvalue weighted by atomic mass is 32.2. The van der Waals surface area contributed by atoms with E-state index in [1.807, 2.05) is 24.4 Å². The van der Waals surface area contributed by atoms with Gasteiger partial charge in [-0.15, -0.1) is 5.10 Å². The van der Waals surface area contributed by atoms with E-state index in [1.54, 1.807) is 10.6 Å². The quantitative estimate of drug-likeness (QED) is 0.668. The van der Waals surface area contributed by atoms with E-state index in [1.165, 1.54) is 0 Å². The fourth-order valence-electron chi connectivity index (χ4n) is 3.21. The summed E-state index contributed by atoms with van der Waals surface area (Å²) in [6, 6.07) is 12.0. The zero-order chi connectivity index (χ0) is 20.4. The molecule has 0 spiro atoms. The van der Waals surface area contributed by atoms with Crippen LogP contribution in [-0.4, -0.2) is 67.2 Å². The van der Waals surface area contributed by atoms with Crippen molar-refractivity contribution >= 4 is 33.0 Å². The third-order valence-electron chi connectivity index (χ3n) is 4.53. The molecule has 1 fully saturated rings. The lowest BCUT2D eigenvalue weighted by atomic mass is 10.1. The lowest BCUT2D eigenvalue weighted by molar-refractivity contribution is -0.113. The normalized spacial score (nSPS) is 14.9. The minimum absolute atomic E-state index is 0.0675. The van der Waals surface area contributed by atoms with Gasteiger partial charge in [-0.1, -0.05) is 12.1 Å². The molecule has 1 N–H and O–H groups in total. The van der Waals surface area contributed by atoms with E-state index in [4.69, 9.17) is 4.74 Å². The van der Waals surface area contributed by atoms with E-state index < -0.39 is 21.5 Å². The molecule has 152 valence electrons. The number of sulfone groups is 1. The molecule has 0 radical (unpaired) electrons. The average molecular weight is 415 g/mol. The number of ether oxygens (including phenoxy) is 1. The van der Waals surface area contributed by atoms with Crippen LogP contribution in [0.5, 0.6) is 0 Å². The summed E-state index contributed by atoms with van der Waals surface area (Å²) >= 11 is 0. The lowest BCUT2D eigenvalue weighted by Gasteiger charge is -2.29. The van der Waals surface area contributed by atoms with Crippen LogP contribution in [0.2, 0.25) is 0 Å². The predicted octanol–water partition coefficient (Wildman–Crippen LogP) is 1.22. The standard InChI is InChI=1S/C19H21N5O4S/c1-29(26,27)13-18(25)21-19-20-17-6-5-15(12-24(17)22-19)14-3-2-4-16(11-14)23-7-9-28-10-8-23/h2-6,11-12H,7-10,13H2,1H3,(H,21,22,25). The number of hydrogen-bond acceptors (Lipinski definition) is 7. The molecule has 29 heavy (non-hydrogen) atoms. The van der Waals surface area contributed by atoms with Gasteiger partial charge in [0, 0.05) is 36.8 Å². The molecule has 3 heterocycles. The van der Waals surface area contributed by atoms with Crippen molar-refractivity contribution in [1.29, 1.82) is 0 Å². The zero-order valence-corrected chi connectivity index (χ0v) is 16.7. The second-order valence-corrected chi connectivity index (χ2v) is 9.06. The van der Waals surface area contributed by atoms with E-state index in [2.05, 4.69) is 32.4 Å². The second kappa shape index (κ2) is 7.80. The van der Waals surface area contributed by atoms with Crippen molar-refractivity contribution in [2.45, 2.75) is 0 Å². The van der Waals surface area contributed by atoms with Gasteiger partial charge >= 0.3 is 0 Å². The Kier molecular flexibility index (Phi) is 5.20. The van der Waals surface area contributed by atoms with Gasteiger partial charge in [0.25, 0.3) is 0 Å². The number of nitrogens with one attached hydrogen (secondary N) is 1. The van der Waals surface area contributed by atoms with Gasteiger partial charge in [0.05, 0.1) is 13.2 Å². The van der Waals surface area contributed by atoms with E-state index in [9.17, 15) is 13.2 Å². The van der Waals surface area contributed by atoms with Crippen molar-refractivity contribution in [2.24, 2.45) is 0 Å². The van der Waals surface area contributed by atoms with Gasteiger partial charge in [0.1, 0.15) is 5.75 Å². The number of pyridine rings is 1. The van der Waals surface area contributed by atoms with E-state index in [0.717, 1.165) is 49.4 Å². The van der Waals surface area contributed by atoms with Gasteiger partial charge in [-0.25, -0.2) is 12.9 Å². The second-order valence-electron chi connectivity index (χ2n) is 6.92. The van der Waals surface area contributed by atoms with Gasteiger partial charge in [-0.3, -0.25) is 10.1 Å². The Labute approximate surface area is 168 Å². The van der Waals surface area contributed by atoms with Gasteiger partial charge in [0.2, 0.25) is 11.9 Å². The summed E-state index contributed by atoms with van der Waals surface area (Å²) < 4.78 is 29.4. The van der Waals surface area contributed by atoms with Gasteiger partial charge in [-0.2, -0.15) is 4.98 Å².